The van der Waals surface area contributed by atoms with Crippen LogP contribution in [0.1, 0.15) is 25.3 Å². The van der Waals surface area contributed by atoms with E-state index in [1.165, 1.54) is 35.6 Å². The molecular weight excluding hydrogens is 256 g/mol. The van der Waals surface area contributed by atoms with Gasteiger partial charge in [0.1, 0.15) is 0 Å². The van der Waals surface area contributed by atoms with E-state index in [-0.39, 0.29) is 5.91 Å². The Labute approximate surface area is 118 Å². The average Bonchev–Trinajstić information content (AvgIpc) is 2.83. The highest BCUT2D eigenvalue weighted by molar-refractivity contribution is 7.99. The molecule has 0 aliphatic carbocycles. The molecule has 0 bridgehead atoms. The summed E-state index contributed by atoms with van der Waals surface area (Å²) in [5.41, 5.74) is 3.60. The molecule has 1 fully saturated rings. The average molecular weight is 276 g/mol. The molecule has 102 valence electrons. The highest BCUT2D eigenvalue weighted by Crippen LogP contribution is 2.31. The van der Waals surface area contributed by atoms with E-state index in [1.807, 2.05) is 16.7 Å². The molecule has 1 amide bonds. The normalized spacial score (nSPS) is 19.3. The Hall–Kier alpha value is -1.16. The lowest BCUT2D eigenvalue weighted by Gasteiger charge is -2.24. The molecule has 0 radical (unpaired) electrons. The van der Waals surface area contributed by atoms with E-state index in [0.717, 1.165) is 18.7 Å². The Balaban J connectivity index is 1.73. The Bertz CT molecular complexity index is 483. The van der Waals surface area contributed by atoms with Crippen LogP contribution in [0.2, 0.25) is 0 Å². The largest absolute Gasteiger partial charge is 0.382 e. The summed E-state index contributed by atoms with van der Waals surface area (Å²) in [4.78, 5) is 13.4. The molecule has 0 spiro atoms. The van der Waals surface area contributed by atoms with Crippen molar-refractivity contribution in [2.45, 2.75) is 32.2 Å². The van der Waals surface area contributed by atoms with Crippen molar-refractivity contribution in [2.75, 3.05) is 28.3 Å². The number of hydrogen-bond acceptors (Lipinski definition) is 3. The molecule has 4 heteroatoms. The van der Waals surface area contributed by atoms with Gasteiger partial charge in [0.05, 0.1) is 0 Å². The number of thioether (sulfide) groups is 1. The van der Waals surface area contributed by atoms with Crippen molar-refractivity contribution in [1.82, 2.24) is 0 Å². The molecule has 0 unspecified atom stereocenters. The number of benzene rings is 1. The highest BCUT2D eigenvalue weighted by atomic mass is 32.2. The third-order valence-electron chi connectivity index (χ3n) is 3.95. The van der Waals surface area contributed by atoms with Crippen molar-refractivity contribution in [1.29, 1.82) is 0 Å². The van der Waals surface area contributed by atoms with Crippen LogP contribution < -0.4 is 10.2 Å². The van der Waals surface area contributed by atoms with Crippen LogP contribution in [0, 0.1) is 0 Å². The zero-order valence-electron chi connectivity index (χ0n) is 11.3. The van der Waals surface area contributed by atoms with Crippen LogP contribution in [-0.2, 0) is 11.2 Å². The molecule has 3 nitrogen and oxygen atoms in total. The van der Waals surface area contributed by atoms with Gasteiger partial charge in [-0.15, -0.1) is 0 Å². The maximum absolute atomic E-state index is 11.5. The number of anilines is 2. The first-order valence-electron chi connectivity index (χ1n) is 6.99. The predicted molar refractivity (Wildman–Crippen MR) is 82.1 cm³/mol. The standard InChI is InChI=1S/C15H20N2OS/c1-11(18)17-7-4-12-10-14(2-3-15(12)17)16-13-5-8-19-9-6-13/h2-3,10,13,16H,4-9H2,1H3. The van der Waals surface area contributed by atoms with E-state index in [2.05, 4.69) is 23.5 Å². The first-order valence-corrected chi connectivity index (χ1v) is 8.15. The minimum Gasteiger partial charge on any atom is -0.382 e. The summed E-state index contributed by atoms with van der Waals surface area (Å²) in [6.45, 7) is 2.47. The van der Waals surface area contributed by atoms with Crippen LogP contribution >= 0.6 is 11.8 Å². The van der Waals surface area contributed by atoms with E-state index in [0.29, 0.717) is 6.04 Å². The molecular formula is C15H20N2OS. The molecule has 19 heavy (non-hydrogen) atoms. The minimum absolute atomic E-state index is 0.142. The Kier molecular flexibility index (Phi) is 3.69. The number of hydrogen-bond donors (Lipinski definition) is 1. The number of fused-ring (bicyclic) bond motifs is 1. The number of nitrogens with zero attached hydrogens (tertiary/aromatic N) is 1. The molecule has 0 atom stereocenters. The van der Waals surface area contributed by atoms with Crippen molar-refractivity contribution in [3.63, 3.8) is 0 Å². The minimum atomic E-state index is 0.142. The molecule has 2 aliphatic heterocycles. The first kappa shape index (κ1) is 12.9. The van der Waals surface area contributed by atoms with Gasteiger partial charge in [-0.1, -0.05) is 0 Å². The van der Waals surface area contributed by atoms with Crippen molar-refractivity contribution in [3.05, 3.63) is 23.8 Å². The Morgan fingerprint density at radius 1 is 1.37 bits per heavy atom. The quantitative estimate of drug-likeness (QED) is 0.901. The summed E-state index contributed by atoms with van der Waals surface area (Å²) in [5.74, 6) is 2.67. The zero-order valence-corrected chi connectivity index (χ0v) is 12.1. The van der Waals surface area contributed by atoms with Crippen LogP contribution in [0.25, 0.3) is 0 Å². The van der Waals surface area contributed by atoms with Crippen molar-refractivity contribution < 1.29 is 4.79 Å². The van der Waals surface area contributed by atoms with Gasteiger partial charge in [0.2, 0.25) is 5.91 Å². The van der Waals surface area contributed by atoms with Gasteiger partial charge in [0.25, 0.3) is 0 Å². The molecule has 0 aromatic heterocycles. The number of rotatable bonds is 2. The van der Waals surface area contributed by atoms with Crippen molar-refractivity contribution >= 4 is 29.0 Å². The highest BCUT2D eigenvalue weighted by Gasteiger charge is 2.22. The SMILES string of the molecule is CC(=O)N1CCc2cc(NC3CCSCC3)ccc21. The first-order chi connectivity index (χ1) is 9.24. The van der Waals surface area contributed by atoms with Crippen LogP contribution in [0.5, 0.6) is 0 Å². The third-order valence-corrected chi connectivity index (χ3v) is 5.00. The van der Waals surface area contributed by atoms with Gasteiger partial charge < -0.3 is 10.2 Å². The van der Waals surface area contributed by atoms with Gasteiger partial charge >= 0.3 is 0 Å². The molecule has 2 heterocycles. The second kappa shape index (κ2) is 5.45. The lowest BCUT2D eigenvalue weighted by atomic mass is 10.1. The predicted octanol–water partition coefficient (Wildman–Crippen LogP) is 2.90. The van der Waals surface area contributed by atoms with Crippen molar-refractivity contribution in [3.8, 4) is 0 Å². The lowest BCUT2D eigenvalue weighted by Crippen LogP contribution is -2.26. The third kappa shape index (κ3) is 2.73. The van der Waals surface area contributed by atoms with Gasteiger partial charge in [-0.2, -0.15) is 11.8 Å². The summed E-state index contributed by atoms with van der Waals surface area (Å²) >= 11 is 2.05. The summed E-state index contributed by atoms with van der Waals surface area (Å²) in [6.07, 6.45) is 3.48. The monoisotopic (exact) mass is 276 g/mol. The van der Waals surface area contributed by atoms with Gasteiger partial charge in [-0.25, -0.2) is 0 Å². The maximum atomic E-state index is 11.5. The number of carbonyl (C=O) groups is 1. The second-order valence-electron chi connectivity index (χ2n) is 5.30. The van der Waals surface area contributed by atoms with E-state index in [1.54, 1.807) is 6.92 Å². The van der Waals surface area contributed by atoms with Crippen LogP contribution in [0.4, 0.5) is 11.4 Å². The molecule has 1 N–H and O–H groups in total. The number of carbonyl (C=O) groups excluding carboxylic acids is 1. The Morgan fingerprint density at radius 2 is 2.16 bits per heavy atom. The molecule has 2 aliphatic rings. The molecule has 1 aromatic carbocycles. The summed E-state index contributed by atoms with van der Waals surface area (Å²) in [7, 11) is 0. The van der Waals surface area contributed by atoms with Gasteiger partial charge in [-0.3, -0.25) is 4.79 Å². The lowest BCUT2D eigenvalue weighted by molar-refractivity contribution is -0.116. The molecule has 0 saturated carbocycles. The van der Waals surface area contributed by atoms with Crippen LogP contribution in [0.3, 0.4) is 0 Å². The summed E-state index contributed by atoms with van der Waals surface area (Å²) < 4.78 is 0. The number of nitrogens with one attached hydrogen (secondary N) is 1. The van der Waals surface area contributed by atoms with Gasteiger partial charge in [0.15, 0.2) is 0 Å². The van der Waals surface area contributed by atoms with Crippen molar-refractivity contribution in [2.24, 2.45) is 0 Å². The maximum Gasteiger partial charge on any atom is 0.223 e. The zero-order chi connectivity index (χ0) is 13.2. The fourth-order valence-electron chi connectivity index (χ4n) is 2.90. The van der Waals surface area contributed by atoms with Crippen LogP contribution in [-0.4, -0.2) is 30.0 Å². The molecule has 3 rings (SSSR count). The topological polar surface area (TPSA) is 32.3 Å². The van der Waals surface area contributed by atoms with E-state index >= 15 is 0 Å². The number of amides is 1. The smallest absolute Gasteiger partial charge is 0.223 e. The summed E-state index contributed by atoms with van der Waals surface area (Å²) in [5, 5.41) is 3.64. The van der Waals surface area contributed by atoms with Gasteiger partial charge in [0, 0.05) is 30.9 Å². The Morgan fingerprint density at radius 3 is 2.89 bits per heavy atom. The van der Waals surface area contributed by atoms with E-state index in [4.69, 9.17) is 0 Å². The summed E-state index contributed by atoms with van der Waals surface area (Å²) in [6, 6.07) is 7.04. The van der Waals surface area contributed by atoms with Crippen LogP contribution in [0.15, 0.2) is 18.2 Å². The second-order valence-corrected chi connectivity index (χ2v) is 6.52. The van der Waals surface area contributed by atoms with E-state index < -0.39 is 0 Å². The molecule has 1 saturated heterocycles. The fourth-order valence-corrected chi connectivity index (χ4v) is 4.00. The fraction of sp³-hybridized carbons (Fsp3) is 0.533. The van der Waals surface area contributed by atoms with E-state index in [9.17, 15) is 4.79 Å². The molecule has 1 aromatic rings. The van der Waals surface area contributed by atoms with Gasteiger partial charge in [-0.05, 0) is 54.5 Å².